The number of aromatic hydroxyl groups is 2. The Morgan fingerprint density at radius 2 is 1.20 bits per heavy atom. The molecule has 4 aliphatic carbocycles. The number of hydrogen-bond acceptors (Lipinski definition) is 18. The molecule has 23 nitrogen and oxygen atoms in total. The van der Waals surface area contributed by atoms with E-state index in [-0.39, 0.29) is 77.2 Å². The molecular weight excluding hydrogens is 1250 g/mol. The maximum atomic E-state index is 17.2. The summed E-state index contributed by atoms with van der Waals surface area (Å²) in [6.45, 7) is 11.3. The van der Waals surface area contributed by atoms with Gasteiger partial charge in [0.1, 0.15) is 35.2 Å². The number of esters is 1. The molecule has 4 aliphatic rings. The number of carbonyl (C=O) groups is 7. The van der Waals surface area contributed by atoms with Crippen molar-refractivity contribution < 1.29 is 108 Å². The predicted octanol–water partition coefficient (Wildman–Crippen LogP) is 6.94. The molecule has 8 rings (SSSR count). The fourth-order valence-electron chi connectivity index (χ4n) is 12.9. The Hall–Kier alpha value is -8.15. The minimum Gasteiger partial charge on any atom is -0.506 e. The molecular formula is C67H87F3N4O19S. The van der Waals surface area contributed by atoms with Crippen LogP contribution in [0.1, 0.15) is 102 Å². The van der Waals surface area contributed by atoms with Gasteiger partial charge in [0.25, 0.3) is 0 Å². The summed E-state index contributed by atoms with van der Waals surface area (Å²) in [4.78, 5) is 78.0. The highest BCUT2D eigenvalue weighted by Gasteiger charge is 2.78. The Morgan fingerprint density at radius 3 is 1.61 bits per heavy atom. The minimum absolute atomic E-state index is 0. The zero-order chi connectivity index (χ0) is 68.3. The molecule has 516 valence electrons. The van der Waals surface area contributed by atoms with Crippen molar-refractivity contribution in [2.45, 2.75) is 128 Å². The van der Waals surface area contributed by atoms with Gasteiger partial charge in [0.05, 0.1) is 43.9 Å². The number of halogens is 3. The maximum absolute atomic E-state index is 17.2. The lowest BCUT2D eigenvalue weighted by atomic mass is 9.44. The molecule has 0 aliphatic heterocycles. The van der Waals surface area contributed by atoms with Gasteiger partial charge in [0.15, 0.2) is 17.1 Å². The van der Waals surface area contributed by atoms with Crippen molar-refractivity contribution >= 4 is 64.8 Å². The molecule has 3 saturated carbocycles. The van der Waals surface area contributed by atoms with Gasteiger partial charge in [-0.3, -0.25) is 24.0 Å². The highest BCUT2D eigenvalue weighted by Crippen LogP contribution is 2.72. The van der Waals surface area contributed by atoms with E-state index in [0.717, 1.165) is 30.4 Å². The number of hydrogen-bond donors (Lipinski definition) is 11. The Bertz CT molecular complexity index is 3170. The van der Waals surface area contributed by atoms with Gasteiger partial charge in [-0.05, 0) is 159 Å². The van der Waals surface area contributed by atoms with Crippen LogP contribution in [-0.4, -0.2) is 157 Å². The fourth-order valence-corrected chi connectivity index (χ4v) is 13.7. The number of ether oxygens (including phenoxy) is 3. The Kier molecular flexibility index (Phi) is 30.6. The van der Waals surface area contributed by atoms with Gasteiger partial charge < -0.3 is 82.2 Å². The number of ketones is 1. The summed E-state index contributed by atoms with van der Waals surface area (Å²) in [6, 6.07) is 24.4. The molecule has 4 aromatic rings. The third-order valence-electron chi connectivity index (χ3n) is 17.6. The van der Waals surface area contributed by atoms with E-state index >= 15 is 8.78 Å². The first kappa shape index (κ1) is 80.1. The van der Waals surface area contributed by atoms with Crippen LogP contribution in [0, 0.1) is 28.6 Å². The van der Waals surface area contributed by atoms with Gasteiger partial charge in [0, 0.05) is 66.4 Å². The van der Waals surface area contributed by atoms with Crippen LogP contribution in [0.5, 0.6) is 23.0 Å². The maximum Gasteiger partial charge on any atom is 0.328 e. The monoisotopic (exact) mass is 1340 g/mol. The van der Waals surface area contributed by atoms with E-state index in [2.05, 4.69) is 21.3 Å². The van der Waals surface area contributed by atoms with Crippen molar-refractivity contribution in [2.24, 2.45) is 28.6 Å². The number of nitrogens with one attached hydrogen (secondary N) is 4. The molecule has 94 heavy (non-hydrogen) atoms. The van der Waals surface area contributed by atoms with E-state index in [1.165, 1.54) is 42.3 Å². The van der Waals surface area contributed by atoms with Gasteiger partial charge in [-0.1, -0.05) is 63.2 Å². The summed E-state index contributed by atoms with van der Waals surface area (Å²) in [5.41, 5.74) is -2.70. The number of phenolic OH excluding ortho intramolecular Hbond substituents is 2. The van der Waals surface area contributed by atoms with Gasteiger partial charge in [-0.25, -0.2) is 22.8 Å². The van der Waals surface area contributed by atoms with Crippen molar-refractivity contribution in [3.63, 3.8) is 0 Å². The summed E-state index contributed by atoms with van der Waals surface area (Å²) in [5, 5.41) is 77.6. The van der Waals surface area contributed by atoms with E-state index in [0.29, 0.717) is 61.0 Å². The van der Waals surface area contributed by atoms with Crippen molar-refractivity contribution in [1.29, 1.82) is 0 Å². The van der Waals surface area contributed by atoms with Crippen LogP contribution < -0.4 is 30.7 Å². The number of rotatable bonds is 24. The van der Waals surface area contributed by atoms with Gasteiger partial charge in [-0.2, -0.15) is 0 Å². The molecule has 0 unspecified atom stereocenters. The Labute approximate surface area is 547 Å². The summed E-state index contributed by atoms with van der Waals surface area (Å²) < 4.78 is 62.1. The van der Waals surface area contributed by atoms with Gasteiger partial charge in [-0.15, -0.1) is 0 Å². The first-order chi connectivity index (χ1) is 43.5. The second kappa shape index (κ2) is 35.9. The van der Waals surface area contributed by atoms with Gasteiger partial charge >= 0.3 is 17.9 Å². The molecule has 0 heterocycles. The lowest BCUT2D eigenvalue weighted by Gasteiger charge is -2.63. The number of carbonyl (C=O) groups excluding carboxylic acids is 5. The van der Waals surface area contributed by atoms with Crippen LogP contribution >= 0.6 is 11.8 Å². The Balaban J connectivity index is 0.000000348. The topological polar surface area (TPSA) is 400 Å². The van der Waals surface area contributed by atoms with E-state index in [9.17, 15) is 63.5 Å². The van der Waals surface area contributed by atoms with E-state index in [1.54, 1.807) is 59.3 Å². The molecule has 3 fully saturated rings. The summed E-state index contributed by atoms with van der Waals surface area (Å²) in [5.74, 6) is -4.24. The number of fused-ring (bicyclic) bond motifs is 5. The largest absolute Gasteiger partial charge is 0.506 e. The van der Waals surface area contributed by atoms with Crippen LogP contribution in [0.2, 0.25) is 0 Å². The number of aliphatic carboxylic acids is 2. The zero-order valence-corrected chi connectivity index (χ0v) is 54.3. The van der Waals surface area contributed by atoms with Crippen LogP contribution in [0.15, 0.2) is 121 Å². The molecule has 27 heteroatoms. The molecule has 4 aromatic carbocycles. The number of methoxy groups -OCH3 is 2. The third-order valence-corrected chi connectivity index (χ3v) is 18.2. The normalized spacial score (nSPS) is 24.9. The summed E-state index contributed by atoms with van der Waals surface area (Å²) in [6.07, 6.45) is 2.41. The molecule has 0 saturated heterocycles. The molecule has 2 amide bonds. The van der Waals surface area contributed by atoms with Crippen molar-refractivity contribution in [3.8, 4) is 23.0 Å². The number of phenols is 2. The molecule has 0 spiro atoms. The molecule has 0 bridgehead atoms. The summed E-state index contributed by atoms with van der Waals surface area (Å²) in [7, 11) is 3.28. The van der Waals surface area contributed by atoms with E-state index in [1.807, 2.05) is 62.4 Å². The molecule has 0 aromatic heterocycles. The second-order valence-corrected chi connectivity index (χ2v) is 24.3. The molecule has 0 radical (unpaired) electrons. The number of carboxylic acid groups (broad SMARTS) is 2. The highest BCUT2D eigenvalue weighted by atomic mass is 32.2. The number of alkyl halides is 3. The predicted molar refractivity (Wildman–Crippen MR) is 346 cm³/mol. The Morgan fingerprint density at radius 1 is 0.745 bits per heavy atom. The second-order valence-electron chi connectivity index (χ2n) is 23.4. The number of amides is 2. The SMILES string of the molecule is CCC(=O)O[C@]1(C(=O)SCF)[C@H](C)C[C@H]2[C@@H]3C[C@H](F)C4=CC(=O)C=C[C@]4(C)[C@@]3(F)[C@@H](O)C[C@@]21C.COc1ccc(C[C@@H](C)NC[C@H](O)c2ccc(O)c(NC=O)c2)cc1.COc1ccc(C[C@@H](C)NC[C@H](O)c2ccc(O)c(NC=O)c2)cc1.O.O.O=C(O)/C=C/C(=O)O. The number of thioether (sulfide) groups is 1. The molecule has 13 atom stereocenters. The average Bonchev–Trinajstić information content (AvgIpc) is 1.34. The fraction of sp³-hybridized carbons (Fsp3) is 0.448. The third kappa shape index (κ3) is 19.0. The van der Waals surface area contributed by atoms with Gasteiger partial charge in [0.2, 0.25) is 17.9 Å². The van der Waals surface area contributed by atoms with E-state index in [4.69, 9.17) is 24.4 Å². The van der Waals surface area contributed by atoms with Crippen LogP contribution in [0.3, 0.4) is 0 Å². The highest BCUT2D eigenvalue weighted by molar-refractivity contribution is 8.13. The van der Waals surface area contributed by atoms with Crippen LogP contribution in [-0.2, 0) is 51.1 Å². The van der Waals surface area contributed by atoms with Crippen LogP contribution in [0.4, 0.5) is 24.5 Å². The number of carboxylic acids is 2. The van der Waals surface area contributed by atoms with E-state index < -0.39 is 99.2 Å². The average molecular weight is 1340 g/mol. The van der Waals surface area contributed by atoms with Crippen molar-refractivity contribution in [2.75, 3.05) is 43.9 Å². The number of aliphatic hydroxyl groups excluding tert-OH is 3. The lowest BCUT2D eigenvalue weighted by molar-refractivity contribution is -0.228. The minimum atomic E-state index is -2.30. The number of benzene rings is 4. The number of anilines is 2. The number of allylic oxidation sites excluding steroid dienone is 4. The summed E-state index contributed by atoms with van der Waals surface area (Å²) >= 11 is 0.396. The first-order valence-corrected chi connectivity index (χ1v) is 30.7. The zero-order valence-electron chi connectivity index (χ0n) is 53.4. The van der Waals surface area contributed by atoms with Crippen molar-refractivity contribution in [1.82, 2.24) is 10.6 Å². The van der Waals surface area contributed by atoms with Crippen LogP contribution in [0.25, 0.3) is 0 Å². The standard InChI is InChI=1S/C25H31F3O5S.2C19H24N2O4.C4H4O4.2H2O/c1-5-20(31)33-25(21(32)34-12-26)13(2)8-15-16-10-18(27)17-9-14(29)6-7-22(17,3)24(16,28)19(30)11-23(15,25)4;2*1-13(9-14-3-6-16(25-2)7-4-14)20-11-19(24)15-5-8-18(23)17(10-15)21-12-22;5-3(6)1-2-4(7)8;;/h6-7,9,13,15-16,18-19,30H,5,8,10-12H2,1-4H3;2*3-8,10,12-13,19-20,23-24H,9,11H2,1-2H3,(H,21,22);1-2H,(H,5,6)(H,7,8);2*1H2/b;;;2-1+;;/t13-,15+,16+,18+,19+,22+,23+,24+,25+;2*13-,19+;;;/m111.../s1. The lowest BCUT2D eigenvalue weighted by Crippen LogP contribution is -2.70. The molecule has 15 N–H and O–H groups in total. The smallest absolute Gasteiger partial charge is 0.328 e. The van der Waals surface area contributed by atoms with Crippen molar-refractivity contribution in [3.05, 3.63) is 143 Å². The quantitative estimate of drug-likeness (QED) is 0.0146. The first-order valence-electron chi connectivity index (χ1n) is 29.7. The number of aliphatic hydroxyl groups is 3.